The van der Waals surface area contributed by atoms with Crippen molar-refractivity contribution >= 4 is 5.91 Å². The van der Waals surface area contributed by atoms with E-state index in [9.17, 15) is 9.18 Å². The summed E-state index contributed by atoms with van der Waals surface area (Å²) >= 11 is 0. The summed E-state index contributed by atoms with van der Waals surface area (Å²) in [6, 6.07) is 13.7. The Morgan fingerprint density at radius 3 is 2.81 bits per heavy atom. The Bertz CT molecular complexity index is 1130. The molecule has 1 aliphatic carbocycles. The number of rotatable bonds is 6. The molecule has 7 heteroatoms. The maximum absolute atomic E-state index is 14.5. The number of hydrogen-bond acceptors (Lipinski definition) is 5. The van der Waals surface area contributed by atoms with Crippen LogP contribution in [0.3, 0.4) is 0 Å². The summed E-state index contributed by atoms with van der Waals surface area (Å²) < 4.78 is 30.9. The van der Waals surface area contributed by atoms with Gasteiger partial charge in [0, 0.05) is 24.4 Å². The number of halogens is 1. The standard InChI is InChI=1S/C24H21FN2O4/c25-20-11-16(15-3-1-4-15)6-7-17(20)13-27-23(28)19-5-2-10-26-24(19)31-18-8-9-21-22(12-18)30-14-29-21/h2,5-12,15H,1,3-4,13-14H2,(H,27,28). The Balaban J connectivity index is 1.28. The molecule has 158 valence electrons. The lowest BCUT2D eigenvalue weighted by molar-refractivity contribution is 0.0947. The van der Waals surface area contributed by atoms with Gasteiger partial charge in [0.2, 0.25) is 12.7 Å². The molecule has 0 saturated heterocycles. The molecule has 1 saturated carbocycles. The molecule has 1 aromatic heterocycles. The number of pyridine rings is 1. The first-order chi connectivity index (χ1) is 15.2. The quantitative estimate of drug-likeness (QED) is 0.612. The average Bonchev–Trinajstić information content (AvgIpc) is 3.20. The van der Waals surface area contributed by atoms with E-state index >= 15 is 0 Å². The molecule has 31 heavy (non-hydrogen) atoms. The van der Waals surface area contributed by atoms with Crippen LogP contribution in [-0.4, -0.2) is 17.7 Å². The molecule has 0 spiro atoms. The van der Waals surface area contributed by atoms with Crippen molar-refractivity contribution in [2.75, 3.05) is 6.79 Å². The van der Waals surface area contributed by atoms with Gasteiger partial charge in [-0.3, -0.25) is 4.79 Å². The molecule has 0 radical (unpaired) electrons. The number of carbonyl (C=O) groups is 1. The Morgan fingerprint density at radius 1 is 1.13 bits per heavy atom. The Labute approximate surface area is 179 Å². The summed E-state index contributed by atoms with van der Waals surface area (Å²) in [5.41, 5.74) is 1.73. The van der Waals surface area contributed by atoms with Crippen molar-refractivity contribution in [2.24, 2.45) is 0 Å². The molecule has 3 aromatic rings. The summed E-state index contributed by atoms with van der Waals surface area (Å²) in [6.45, 7) is 0.238. The molecular formula is C24H21FN2O4. The fraction of sp³-hybridized carbons (Fsp3) is 0.250. The lowest BCUT2D eigenvalue weighted by Gasteiger charge is -2.26. The molecule has 6 nitrogen and oxygen atoms in total. The van der Waals surface area contributed by atoms with E-state index in [-0.39, 0.29) is 30.6 Å². The largest absolute Gasteiger partial charge is 0.454 e. The first-order valence-corrected chi connectivity index (χ1v) is 10.3. The van der Waals surface area contributed by atoms with Gasteiger partial charge >= 0.3 is 0 Å². The van der Waals surface area contributed by atoms with E-state index < -0.39 is 5.91 Å². The van der Waals surface area contributed by atoms with E-state index in [4.69, 9.17) is 14.2 Å². The summed E-state index contributed by atoms with van der Waals surface area (Å²) in [5, 5.41) is 2.76. The lowest BCUT2D eigenvalue weighted by atomic mass is 9.80. The summed E-state index contributed by atoms with van der Waals surface area (Å²) in [4.78, 5) is 16.9. The van der Waals surface area contributed by atoms with Crippen molar-refractivity contribution in [3.05, 3.63) is 77.2 Å². The zero-order valence-electron chi connectivity index (χ0n) is 16.8. The van der Waals surface area contributed by atoms with Gasteiger partial charge in [0.15, 0.2) is 11.5 Å². The summed E-state index contributed by atoms with van der Waals surface area (Å²) in [7, 11) is 0. The molecule has 2 heterocycles. The monoisotopic (exact) mass is 420 g/mol. The molecule has 5 rings (SSSR count). The van der Waals surface area contributed by atoms with Crippen molar-refractivity contribution in [1.29, 1.82) is 0 Å². The minimum absolute atomic E-state index is 0.0774. The third-order valence-corrected chi connectivity index (χ3v) is 5.67. The molecule has 0 unspecified atom stereocenters. The molecule has 1 aliphatic heterocycles. The van der Waals surface area contributed by atoms with Crippen molar-refractivity contribution in [2.45, 2.75) is 31.7 Å². The van der Waals surface area contributed by atoms with Gasteiger partial charge in [-0.15, -0.1) is 0 Å². The van der Waals surface area contributed by atoms with Gasteiger partial charge in [-0.1, -0.05) is 18.6 Å². The van der Waals surface area contributed by atoms with Gasteiger partial charge in [0.1, 0.15) is 17.1 Å². The SMILES string of the molecule is O=C(NCc1ccc(C2CCC2)cc1F)c1cccnc1Oc1ccc2c(c1)OCO2. The molecule has 0 bridgehead atoms. The number of ether oxygens (including phenoxy) is 3. The second-order valence-electron chi connectivity index (χ2n) is 7.63. The highest BCUT2D eigenvalue weighted by Crippen LogP contribution is 2.37. The van der Waals surface area contributed by atoms with E-state index in [1.54, 1.807) is 42.5 Å². The zero-order valence-corrected chi connectivity index (χ0v) is 16.8. The van der Waals surface area contributed by atoms with Gasteiger partial charge in [0.25, 0.3) is 5.91 Å². The predicted octanol–water partition coefficient (Wildman–Crippen LogP) is 4.94. The zero-order chi connectivity index (χ0) is 21.2. The van der Waals surface area contributed by atoms with Crippen molar-refractivity contribution in [3.8, 4) is 23.1 Å². The second kappa shape index (κ2) is 8.26. The van der Waals surface area contributed by atoms with Crippen LogP contribution in [-0.2, 0) is 6.54 Å². The van der Waals surface area contributed by atoms with E-state index in [0.29, 0.717) is 28.7 Å². The molecule has 1 amide bonds. The molecule has 2 aliphatic rings. The van der Waals surface area contributed by atoms with Crippen LogP contribution in [0.1, 0.15) is 46.7 Å². The van der Waals surface area contributed by atoms with E-state index in [2.05, 4.69) is 10.3 Å². The highest BCUT2D eigenvalue weighted by Gasteiger charge is 2.21. The highest BCUT2D eigenvalue weighted by atomic mass is 19.1. The second-order valence-corrected chi connectivity index (χ2v) is 7.63. The predicted molar refractivity (Wildman–Crippen MR) is 111 cm³/mol. The van der Waals surface area contributed by atoms with Crippen LogP contribution in [0.5, 0.6) is 23.1 Å². The Hall–Kier alpha value is -3.61. The van der Waals surface area contributed by atoms with Crippen LogP contribution in [0.25, 0.3) is 0 Å². The molecule has 0 atom stereocenters. The molecular weight excluding hydrogens is 399 g/mol. The van der Waals surface area contributed by atoms with Gasteiger partial charge in [0.05, 0.1) is 0 Å². The van der Waals surface area contributed by atoms with E-state index in [0.717, 1.165) is 18.4 Å². The fourth-order valence-corrected chi connectivity index (χ4v) is 3.67. The van der Waals surface area contributed by atoms with Crippen molar-refractivity contribution < 1.29 is 23.4 Å². The van der Waals surface area contributed by atoms with Crippen LogP contribution in [0.2, 0.25) is 0 Å². The summed E-state index contributed by atoms with van der Waals surface area (Å²) in [5.74, 6) is 1.59. The van der Waals surface area contributed by atoms with Crippen LogP contribution in [0, 0.1) is 5.82 Å². The third kappa shape index (κ3) is 4.03. The molecule has 2 aromatic carbocycles. The van der Waals surface area contributed by atoms with Gasteiger partial charge in [-0.25, -0.2) is 9.37 Å². The minimum Gasteiger partial charge on any atom is -0.454 e. The first-order valence-electron chi connectivity index (χ1n) is 10.3. The van der Waals surface area contributed by atoms with Gasteiger partial charge in [-0.2, -0.15) is 0 Å². The summed E-state index contributed by atoms with van der Waals surface area (Å²) in [6.07, 6.45) is 4.97. The Morgan fingerprint density at radius 2 is 2.00 bits per heavy atom. The third-order valence-electron chi connectivity index (χ3n) is 5.67. The maximum Gasteiger partial charge on any atom is 0.257 e. The van der Waals surface area contributed by atoms with Crippen molar-refractivity contribution in [3.63, 3.8) is 0 Å². The fourth-order valence-electron chi connectivity index (χ4n) is 3.67. The maximum atomic E-state index is 14.5. The van der Waals surface area contributed by atoms with Crippen molar-refractivity contribution in [1.82, 2.24) is 10.3 Å². The number of nitrogens with zero attached hydrogens (tertiary/aromatic N) is 1. The number of carbonyl (C=O) groups excluding carboxylic acids is 1. The topological polar surface area (TPSA) is 69.7 Å². The number of amides is 1. The lowest BCUT2D eigenvalue weighted by Crippen LogP contribution is -2.24. The van der Waals surface area contributed by atoms with Crippen LogP contribution in [0.15, 0.2) is 54.7 Å². The minimum atomic E-state index is -0.397. The van der Waals surface area contributed by atoms with E-state index in [1.165, 1.54) is 12.6 Å². The smallest absolute Gasteiger partial charge is 0.257 e. The van der Waals surface area contributed by atoms with E-state index in [1.807, 2.05) is 6.07 Å². The van der Waals surface area contributed by atoms with Crippen LogP contribution in [0.4, 0.5) is 4.39 Å². The number of benzene rings is 2. The Kier molecular flexibility index (Phi) is 5.16. The average molecular weight is 420 g/mol. The number of nitrogens with one attached hydrogen (secondary N) is 1. The molecule has 1 fully saturated rings. The molecule has 1 N–H and O–H groups in total. The number of hydrogen-bond donors (Lipinski definition) is 1. The number of fused-ring (bicyclic) bond motifs is 1. The van der Waals surface area contributed by atoms with Crippen LogP contribution < -0.4 is 19.5 Å². The normalized spacial score (nSPS) is 14.7. The van der Waals surface area contributed by atoms with Gasteiger partial charge < -0.3 is 19.5 Å². The highest BCUT2D eigenvalue weighted by molar-refractivity contribution is 5.96. The van der Waals surface area contributed by atoms with Gasteiger partial charge in [-0.05, 0) is 54.7 Å². The number of aromatic nitrogens is 1. The van der Waals surface area contributed by atoms with Crippen LogP contribution >= 0.6 is 0 Å². The first kappa shape index (κ1) is 19.4.